The fourth-order valence-electron chi connectivity index (χ4n) is 4.10. The Morgan fingerprint density at radius 1 is 1.09 bits per heavy atom. The molecule has 0 spiro atoms. The van der Waals surface area contributed by atoms with Crippen molar-refractivity contribution in [1.82, 2.24) is 4.73 Å². The second kappa shape index (κ2) is 8.20. The molecular weight excluding hydrogens is 424 g/mol. The molecular formula is C25H26N2O6. The van der Waals surface area contributed by atoms with E-state index >= 15 is 0 Å². The summed E-state index contributed by atoms with van der Waals surface area (Å²) in [6.45, 7) is 6.92. The molecule has 8 nitrogen and oxygen atoms in total. The summed E-state index contributed by atoms with van der Waals surface area (Å²) in [5.41, 5.74) is 2.40. The van der Waals surface area contributed by atoms with Crippen molar-refractivity contribution >= 4 is 5.97 Å². The number of carbonyl (C=O) groups excluding carboxylic acids is 1. The molecule has 1 aliphatic heterocycles. The molecule has 2 heterocycles. The Morgan fingerprint density at radius 2 is 1.79 bits per heavy atom. The van der Waals surface area contributed by atoms with Gasteiger partial charge in [0.05, 0.1) is 11.5 Å². The Balaban J connectivity index is 1.98. The number of phenolic OH excluding ortho intramolecular Hbond substituents is 1. The topological polar surface area (TPSA) is 108 Å². The van der Waals surface area contributed by atoms with Crippen LogP contribution < -0.4 is 9.67 Å². The van der Waals surface area contributed by atoms with E-state index < -0.39 is 23.6 Å². The van der Waals surface area contributed by atoms with Crippen molar-refractivity contribution in [2.45, 2.75) is 45.9 Å². The number of hydrogen-bond acceptors (Lipinski definition) is 6. The lowest BCUT2D eigenvalue weighted by Crippen LogP contribution is -2.46. The van der Waals surface area contributed by atoms with E-state index in [1.54, 1.807) is 19.1 Å². The lowest BCUT2D eigenvalue weighted by Gasteiger charge is -2.40. The first kappa shape index (κ1) is 22.3. The van der Waals surface area contributed by atoms with Crippen molar-refractivity contribution in [2.24, 2.45) is 0 Å². The Kier molecular flexibility index (Phi) is 5.53. The van der Waals surface area contributed by atoms with E-state index in [9.17, 15) is 20.2 Å². The molecule has 1 unspecified atom stereocenters. The van der Waals surface area contributed by atoms with Crippen LogP contribution in [0.2, 0.25) is 0 Å². The summed E-state index contributed by atoms with van der Waals surface area (Å²) < 4.78 is 13.5. The lowest BCUT2D eigenvalue weighted by molar-refractivity contribution is -0.702. The first-order chi connectivity index (χ1) is 15.6. The largest absolute Gasteiger partial charge is 0.575 e. The predicted octanol–water partition coefficient (Wildman–Crippen LogP) is 2.40. The molecule has 2 aromatic carbocycles. The molecule has 1 aliphatic rings. The molecule has 0 aliphatic carbocycles. The first-order valence-corrected chi connectivity index (χ1v) is 10.6. The molecule has 8 heteroatoms. The third kappa shape index (κ3) is 4.11. The summed E-state index contributed by atoms with van der Waals surface area (Å²) in [6, 6.07) is 15.8. The van der Waals surface area contributed by atoms with Crippen molar-refractivity contribution in [1.29, 1.82) is 0 Å². The van der Waals surface area contributed by atoms with E-state index in [4.69, 9.17) is 9.47 Å². The van der Waals surface area contributed by atoms with Crippen molar-refractivity contribution in [2.75, 3.05) is 0 Å². The quantitative estimate of drug-likeness (QED) is 0.351. The van der Waals surface area contributed by atoms with Gasteiger partial charge in [0.25, 0.3) is 0 Å². The van der Waals surface area contributed by atoms with Gasteiger partial charge in [-0.25, -0.2) is 9.36 Å². The fraction of sp³-hybridized carbons (Fsp3) is 0.280. The lowest BCUT2D eigenvalue weighted by atomic mass is 9.89. The SMILES string of the molecule is Cc1c(C)[n+](Cc2ccccc2)c(C(C2=C([O-])OC(C)(C)OC2=O)c2cccc(O)c2)n1O. The monoisotopic (exact) mass is 450 g/mol. The van der Waals surface area contributed by atoms with Gasteiger partial charge in [-0.2, -0.15) is 0 Å². The number of ether oxygens (including phenoxy) is 2. The van der Waals surface area contributed by atoms with Crippen LogP contribution in [0.5, 0.6) is 5.75 Å². The zero-order valence-electron chi connectivity index (χ0n) is 18.9. The third-order valence-electron chi connectivity index (χ3n) is 5.79. The highest BCUT2D eigenvalue weighted by Crippen LogP contribution is 2.38. The maximum absolute atomic E-state index is 13.0. The number of esters is 1. The van der Waals surface area contributed by atoms with Gasteiger partial charge >= 0.3 is 11.8 Å². The molecule has 0 saturated heterocycles. The molecule has 0 bridgehead atoms. The van der Waals surface area contributed by atoms with Crippen LogP contribution in [0.1, 0.15) is 48.1 Å². The number of imidazole rings is 1. The van der Waals surface area contributed by atoms with E-state index in [1.165, 1.54) is 26.0 Å². The molecule has 1 atom stereocenters. The van der Waals surface area contributed by atoms with E-state index in [1.807, 2.05) is 41.8 Å². The molecule has 4 rings (SSSR count). The highest BCUT2D eigenvalue weighted by atomic mass is 16.8. The second-order valence-electron chi connectivity index (χ2n) is 8.53. The van der Waals surface area contributed by atoms with Gasteiger partial charge in [-0.1, -0.05) is 42.5 Å². The summed E-state index contributed by atoms with van der Waals surface area (Å²) in [7, 11) is 0. The van der Waals surface area contributed by atoms with Gasteiger partial charge in [-0.15, -0.1) is 0 Å². The van der Waals surface area contributed by atoms with Gasteiger partial charge in [0.15, 0.2) is 11.5 Å². The smallest absolute Gasteiger partial charge is 0.338 e. The average molecular weight is 450 g/mol. The van der Waals surface area contributed by atoms with Crippen LogP contribution in [0.3, 0.4) is 0 Å². The molecule has 33 heavy (non-hydrogen) atoms. The van der Waals surface area contributed by atoms with E-state index in [0.29, 0.717) is 17.8 Å². The molecule has 0 fully saturated rings. The van der Waals surface area contributed by atoms with E-state index in [0.717, 1.165) is 16.0 Å². The van der Waals surface area contributed by atoms with E-state index in [-0.39, 0.29) is 17.1 Å². The summed E-state index contributed by atoms with van der Waals surface area (Å²) >= 11 is 0. The van der Waals surface area contributed by atoms with Crippen molar-refractivity contribution < 1.29 is 34.3 Å². The van der Waals surface area contributed by atoms with Gasteiger partial charge in [0, 0.05) is 13.8 Å². The number of aromatic nitrogens is 2. The fourth-order valence-corrected chi connectivity index (χ4v) is 4.10. The molecule has 1 aromatic heterocycles. The highest BCUT2D eigenvalue weighted by Gasteiger charge is 2.43. The summed E-state index contributed by atoms with van der Waals surface area (Å²) in [4.78, 5) is 13.0. The average Bonchev–Trinajstić information content (AvgIpc) is 2.94. The van der Waals surface area contributed by atoms with Crippen LogP contribution in [0.4, 0.5) is 0 Å². The highest BCUT2D eigenvalue weighted by molar-refractivity contribution is 5.92. The first-order valence-electron chi connectivity index (χ1n) is 10.6. The van der Waals surface area contributed by atoms with Crippen molar-refractivity contribution in [3.05, 3.63) is 94.5 Å². The van der Waals surface area contributed by atoms with Crippen LogP contribution >= 0.6 is 0 Å². The van der Waals surface area contributed by atoms with E-state index in [2.05, 4.69) is 0 Å². The van der Waals surface area contributed by atoms with Gasteiger partial charge in [-0.05, 0) is 41.8 Å². The molecule has 0 amide bonds. The zero-order chi connectivity index (χ0) is 23.9. The summed E-state index contributed by atoms with van der Waals surface area (Å²) in [5, 5.41) is 34.3. The van der Waals surface area contributed by atoms with Gasteiger partial charge in [-0.3, -0.25) is 0 Å². The van der Waals surface area contributed by atoms with Gasteiger partial charge in [0.2, 0.25) is 0 Å². The number of hydrogen-bond donors (Lipinski definition) is 2. The molecule has 0 saturated carbocycles. The van der Waals surface area contributed by atoms with Crippen LogP contribution in [0.25, 0.3) is 0 Å². The minimum atomic E-state index is -1.41. The molecule has 172 valence electrons. The summed E-state index contributed by atoms with van der Waals surface area (Å²) in [5.74, 6) is -3.93. The minimum Gasteiger partial charge on any atom is -0.575 e. The number of cyclic esters (lactones) is 1. The second-order valence-corrected chi connectivity index (χ2v) is 8.53. The van der Waals surface area contributed by atoms with Crippen molar-refractivity contribution in [3.8, 4) is 5.75 Å². The number of phenols is 1. The van der Waals surface area contributed by atoms with Crippen LogP contribution in [-0.4, -0.2) is 26.8 Å². The number of benzene rings is 2. The Hall–Kier alpha value is -3.94. The van der Waals surface area contributed by atoms with Gasteiger partial charge in [0.1, 0.15) is 23.9 Å². The number of carbonyl (C=O) groups is 1. The maximum Gasteiger partial charge on any atom is 0.338 e. The normalized spacial score (nSPS) is 16.3. The molecule has 0 radical (unpaired) electrons. The summed E-state index contributed by atoms with van der Waals surface area (Å²) in [6.07, 6.45) is 0. The molecule has 2 N–H and O–H groups in total. The predicted molar refractivity (Wildman–Crippen MR) is 115 cm³/mol. The maximum atomic E-state index is 13.0. The third-order valence-corrected chi connectivity index (χ3v) is 5.79. The Labute approximate surface area is 191 Å². The Bertz CT molecular complexity index is 1240. The number of nitrogens with zero attached hydrogens (tertiary/aromatic N) is 2. The Morgan fingerprint density at radius 3 is 2.42 bits per heavy atom. The van der Waals surface area contributed by atoms with Gasteiger partial charge < -0.3 is 24.9 Å². The minimum absolute atomic E-state index is 0.0462. The zero-order valence-corrected chi connectivity index (χ0v) is 18.9. The molecule has 3 aromatic rings. The van der Waals surface area contributed by atoms with Crippen molar-refractivity contribution in [3.63, 3.8) is 0 Å². The van der Waals surface area contributed by atoms with Crippen LogP contribution in [0, 0.1) is 13.8 Å². The number of aromatic hydroxyl groups is 1. The standard InChI is InChI=1S/C25H26N2O6/c1-15-16(2)27(31)22(26(15)14-17-9-6-5-7-10-17)20(18-11-8-12-19(28)13-18)21-23(29)32-25(3,4)33-24(21)30/h5-13,20H,14H2,1-4H3,(H2-,28,29,30,31). The number of rotatable bonds is 5. The van der Waals surface area contributed by atoms with Crippen LogP contribution in [-0.2, 0) is 20.8 Å². The van der Waals surface area contributed by atoms with Crippen LogP contribution in [0.15, 0.2) is 66.1 Å².